The van der Waals surface area contributed by atoms with E-state index in [-0.39, 0.29) is 0 Å². The Morgan fingerprint density at radius 1 is 1.20 bits per heavy atom. The summed E-state index contributed by atoms with van der Waals surface area (Å²) in [5.74, 6) is 0.971. The lowest BCUT2D eigenvalue weighted by atomic mass is 9.93. The van der Waals surface area contributed by atoms with Crippen molar-refractivity contribution in [3.63, 3.8) is 0 Å². The molecule has 0 bridgehead atoms. The van der Waals surface area contributed by atoms with Gasteiger partial charge in [0.25, 0.3) is 0 Å². The molecular weight excluding hydrogens is 269 g/mol. The van der Waals surface area contributed by atoms with E-state index in [1.54, 1.807) is 0 Å². The van der Waals surface area contributed by atoms with Gasteiger partial charge in [0.1, 0.15) is 0 Å². The predicted molar refractivity (Wildman–Crippen MR) is 72.5 cm³/mol. The molecule has 116 valence electrons. The zero-order valence-corrected chi connectivity index (χ0v) is 11.6. The number of alkyl halides is 3. The van der Waals surface area contributed by atoms with E-state index in [1.807, 2.05) is 0 Å². The molecule has 7 heteroatoms. The molecule has 2 rings (SSSR count). The Morgan fingerprint density at radius 2 is 1.85 bits per heavy atom. The van der Waals surface area contributed by atoms with Gasteiger partial charge in [-0.15, -0.1) is 0 Å². The van der Waals surface area contributed by atoms with Gasteiger partial charge in [-0.3, -0.25) is 9.89 Å². The molecule has 1 saturated carbocycles. The minimum Gasteiger partial charge on any atom is -0.370 e. The molecular formula is C13H23F3N4. The highest BCUT2D eigenvalue weighted by atomic mass is 19.4. The van der Waals surface area contributed by atoms with E-state index < -0.39 is 12.7 Å². The van der Waals surface area contributed by atoms with E-state index in [9.17, 15) is 13.2 Å². The molecule has 0 aromatic heterocycles. The largest absolute Gasteiger partial charge is 0.401 e. The van der Waals surface area contributed by atoms with Crippen LogP contribution in [0, 0.1) is 5.92 Å². The van der Waals surface area contributed by atoms with Crippen LogP contribution in [0.4, 0.5) is 13.2 Å². The molecule has 0 aromatic rings. The maximum absolute atomic E-state index is 12.3. The lowest BCUT2D eigenvalue weighted by molar-refractivity contribution is -0.148. The summed E-state index contributed by atoms with van der Waals surface area (Å²) in [7, 11) is 0. The third kappa shape index (κ3) is 5.98. The van der Waals surface area contributed by atoms with Gasteiger partial charge in [0.2, 0.25) is 0 Å². The fourth-order valence-electron chi connectivity index (χ4n) is 2.54. The third-order valence-corrected chi connectivity index (χ3v) is 3.86. The summed E-state index contributed by atoms with van der Waals surface area (Å²) in [5, 5.41) is 3.12. The molecule has 2 fully saturated rings. The maximum atomic E-state index is 12.3. The van der Waals surface area contributed by atoms with Crippen molar-refractivity contribution in [1.29, 1.82) is 0 Å². The van der Waals surface area contributed by atoms with Crippen LogP contribution in [0.2, 0.25) is 0 Å². The van der Waals surface area contributed by atoms with Gasteiger partial charge in [0.05, 0.1) is 6.54 Å². The molecule has 0 spiro atoms. The van der Waals surface area contributed by atoms with Crippen molar-refractivity contribution in [2.75, 3.05) is 26.2 Å². The van der Waals surface area contributed by atoms with Gasteiger partial charge in [-0.2, -0.15) is 13.2 Å². The highest BCUT2D eigenvalue weighted by Gasteiger charge is 2.32. The number of nitrogens with one attached hydrogen (secondary N) is 1. The van der Waals surface area contributed by atoms with Gasteiger partial charge < -0.3 is 11.1 Å². The van der Waals surface area contributed by atoms with Crippen LogP contribution in [-0.4, -0.2) is 49.3 Å². The van der Waals surface area contributed by atoms with E-state index in [1.165, 1.54) is 4.90 Å². The first-order valence-corrected chi connectivity index (χ1v) is 7.28. The van der Waals surface area contributed by atoms with Gasteiger partial charge in [-0.1, -0.05) is 0 Å². The molecule has 0 amide bonds. The second kappa shape index (κ2) is 6.65. The molecule has 3 N–H and O–H groups in total. The molecule has 1 saturated heterocycles. The van der Waals surface area contributed by atoms with E-state index in [4.69, 9.17) is 5.73 Å². The topological polar surface area (TPSA) is 53.6 Å². The monoisotopic (exact) mass is 292 g/mol. The SMILES string of the molecule is NC(=NCCC1CCN(CC(F)(F)F)CC1)NC1CC1. The Kier molecular flexibility index (Phi) is 5.12. The number of nitrogens with zero attached hydrogens (tertiary/aromatic N) is 2. The smallest absolute Gasteiger partial charge is 0.370 e. The average molecular weight is 292 g/mol. The first-order valence-electron chi connectivity index (χ1n) is 7.28. The number of hydrogen-bond donors (Lipinski definition) is 2. The second-order valence-corrected chi connectivity index (χ2v) is 5.81. The van der Waals surface area contributed by atoms with Crippen LogP contribution in [0.25, 0.3) is 0 Å². The van der Waals surface area contributed by atoms with Crippen molar-refractivity contribution in [3.8, 4) is 0 Å². The van der Waals surface area contributed by atoms with E-state index in [0.717, 1.165) is 32.1 Å². The summed E-state index contributed by atoms with van der Waals surface area (Å²) >= 11 is 0. The lowest BCUT2D eigenvalue weighted by Gasteiger charge is -2.32. The van der Waals surface area contributed by atoms with Crippen molar-refractivity contribution in [1.82, 2.24) is 10.2 Å². The predicted octanol–water partition coefficient (Wildman–Crippen LogP) is 1.72. The Morgan fingerprint density at radius 3 is 2.40 bits per heavy atom. The molecule has 20 heavy (non-hydrogen) atoms. The molecule has 0 radical (unpaired) electrons. The van der Waals surface area contributed by atoms with E-state index in [2.05, 4.69) is 10.3 Å². The Labute approximate surface area is 117 Å². The Hall–Kier alpha value is -0.980. The third-order valence-electron chi connectivity index (χ3n) is 3.86. The highest BCUT2D eigenvalue weighted by molar-refractivity contribution is 5.78. The molecule has 0 aromatic carbocycles. The van der Waals surface area contributed by atoms with Crippen molar-refractivity contribution in [2.45, 2.75) is 44.3 Å². The van der Waals surface area contributed by atoms with Crippen molar-refractivity contribution in [2.24, 2.45) is 16.6 Å². The minimum atomic E-state index is -4.08. The normalized spacial score (nSPS) is 23.1. The van der Waals surface area contributed by atoms with E-state index >= 15 is 0 Å². The minimum absolute atomic E-state index is 0.469. The van der Waals surface area contributed by atoms with Crippen LogP contribution in [0.1, 0.15) is 32.1 Å². The van der Waals surface area contributed by atoms with Crippen molar-refractivity contribution in [3.05, 3.63) is 0 Å². The van der Waals surface area contributed by atoms with Gasteiger partial charge in [-0.05, 0) is 51.1 Å². The van der Waals surface area contributed by atoms with Crippen LogP contribution in [0.5, 0.6) is 0 Å². The zero-order chi connectivity index (χ0) is 14.6. The van der Waals surface area contributed by atoms with Crippen LogP contribution in [0.3, 0.4) is 0 Å². The first-order chi connectivity index (χ1) is 9.42. The number of piperidine rings is 1. The van der Waals surface area contributed by atoms with Gasteiger partial charge in [0, 0.05) is 12.6 Å². The summed E-state index contributed by atoms with van der Waals surface area (Å²) in [6.07, 6.45) is 0.790. The standard InChI is InChI=1S/C13H23F3N4/c14-13(15,16)9-20-7-4-10(5-8-20)3-6-18-12(17)19-11-1-2-11/h10-11H,1-9H2,(H3,17,18,19). The molecule has 1 aliphatic heterocycles. The average Bonchev–Trinajstić information content (AvgIpc) is 3.13. The number of aliphatic imine (C=N–C) groups is 1. The fourth-order valence-corrected chi connectivity index (χ4v) is 2.54. The summed E-state index contributed by atoms with van der Waals surface area (Å²) < 4.78 is 36.8. The number of likely N-dealkylation sites (tertiary alicyclic amines) is 1. The molecule has 1 heterocycles. The molecule has 4 nitrogen and oxygen atoms in total. The molecule has 0 atom stereocenters. The number of halogens is 3. The number of hydrogen-bond acceptors (Lipinski definition) is 2. The number of guanidine groups is 1. The molecule has 0 unspecified atom stereocenters. The highest BCUT2D eigenvalue weighted by Crippen LogP contribution is 2.24. The summed E-state index contributed by atoms with van der Waals surface area (Å²) in [6.45, 7) is 0.943. The Bertz CT molecular complexity index is 331. The van der Waals surface area contributed by atoms with Crippen LogP contribution in [-0.2, 0) is 0 Å². The zero-order valence-electron chi connectivity index (χ0n) is 11.6. The van der Waals surface area contributed by atoms with Crippen LogP contribution < -0.4 is 11.1 Å². The lowest BCUT2D eigenvalue weighted by Crippen LogP contribution is -2.40. The van der Waals surface area contributed by atoms with Crippen molar-refractivity contribution >= 4 is 5.96 Å². The summed E-state index contributed by atoms with van der Waals surface area (Å²) in [5.41, 5.74) is 5.73. The van der Waals surface area contributed by atoms with Gasteiger partial charge in [-0.25, -0.2) is 0 Å². The summed E-state index contributed by atoms with van der Waals surface area (Å²) in [4.78, 5) is 5.76. The number of nitrogens with two attached hydrogens (primary N) is 1. The van der Waals surface area contributed by atoms with Gasteiger partial charge >= 0.3 is 6.18 Å². The maximum Gasteiger partial charge on any atom is 0.401 e. The number of rotatable bonds is 5. The van der Waals surface area contributed by atoms with Crippen molar-refractivity contribution < 1.29 is 13.2 Å². The van der Waals surface area contributed by atoms with Gasteiger partial charge in [0.15, 0.2) is 5.96 Å². The van der Waals surface area contributed by atoms with E-state index in [0.29, 0.717) is 37.6 Å². The first kappa shape index (κ1) is 15.4. The van der Waals surface area contributed by atoms with Crippen LogP contribution >= 0.6 is 0 Å². The molecule has 1 aliphatic carbocycles. The van der Waals surface area contributed by atoms with Crippen LogP contribution in [0.15, 0.2) is 4.99 Å². The fraction of sp³-hybridized carbons (Fsp3) is 0.923. The Balaban J connectivity index is 1.59. The second-order valence-electron chi connectivity index (χ2n) is 5.81. The summed E-state index contributed by atoms with van der Waals surface area (Å²) in [6, 6.07) is 0.504. The molecule has 2 aliphatic rings. The quantitative estimate of drug-likeness (QED) is 0.599.